The second-order valence-corrected chi connectivity index (χ2v) is 4.62. The standard InChI is InChI=1S/C11H12F3IO/c12-11(13,14)7-1-2-8-16-10-5-3-9(15)4-6-10/h3-6H,1-2,7-8H2. The third kappa shape index (κ3) is 6.19. The molecule has 0 aromatic heterocycles. The summed E-state index contributed by atoms with van der Waals surface area (Å²) in [6, 6.07) is 7.41. The minimum absolute atomic E-state index is 0.119. The van der Waals surface area contributed by atoms with Gasteiger partial charge < -0.3 is 4.74 Å². The van der Waals surface area contributed by atoms with Gasteiger partial charge in [-0.25, -0.2) is 0 Å². The van der Waals surface area contributed by atoms with Crippen molar-refractivity contribution in [3.8, 4) is 5.75 Å². The summed E-state index contributed by atoms with van der Waals surface area (Å²) >= 11 is 2.18. The second-order valence-electron chi connectivity index (χ2n) is 3.37. The molecule has 0 aliphatic carbocycles. The van der Waals surface area contributed by atoms with Gasteiger partial charge in [0.1, 0.15) is 5.75 Å². The molecule has 90 valence electrons. The number of halogens is 4. The zero-order valence-corrected chi connectivity index (χ0v) is 10.7. The highest BCUT2D eigenvalue weighted by atomic mass is 127. The Kier molecular flexibility index (Phi) is 5.37. The Labute approximate surface area is 106 Å². The molecule has 0 spiro atoms. The number of ether oxygens (including phenoxy) is 1. The Hall–Kier alpha value is -0.460. The van der Waals surface area contributed by atoms with Crippen molar-refractivity contribution >= 4 is 22.6 Å². The van der Waals surface area contributed by atoms with Crippen LogP contribution in [0.5, 0.6) is 5.75 Å². The highest BCUT2D eigenvalue weighted by Gasteiger charge is 2.25. The van der Waals surface area contributed by atoms with E-state index in [0.717, 1.165) is 3.57 Å². The Balaban J connectivity index is 2.14. The van der Waals surface area contributed by atoms with E-state index in [4.69, 9.17) is 4.74 Å². The van der Waals surface area contributed by atoms with Gasteiger partial charge in [0.05, 0.1) is 6.61 Å². The molecule has 0 radical (unpaired) electrons. The minimum atomic E-state index is -4.05. The molecule has 1 rings (SSSR count). The van der Waals surface area contributed by atoms with Crippen LogP contribution >= 0.6 is 22.6 Å². The molecule has 1 aromatic rings. The first kappa shape index (κ1) is 13.6. The van der Waals surface area contributed by atoms with Gasteiger partial charge >= 0.3 is 6.18 Å². The predicted octanol–water partition coefficient (Wildman–Crippen LogP) is 4.40. The van der Waals surface area contributed by atoms with E-state index in [1.54, 1.807) is 0 Å². The van der Waals surface area contributed by atoms with E-state index >= 15 is 0 Å². The molecule has 0 saturated heterocycles. The first-order valence-corrected chi connectivity index (χ1v) is 6.00. The summed E-state index contributed by atoms with van der Waals surface area (Å²) < 4.78 is 41.8. The van der Waals surface area contributed by atoms with Gasteiger partial charge in [-0.05, 0) is 59.7 Å². The zero-order chi connectivity index (χ0) is 12.0. The maximum Gasteiger partial charge on any atom is 0.389 e. The lowest BCUT2D eigenvalue weighted by Gasteiger charge is -2.07. The summed E-state index contributed by atoms with van der Waals surface area (Å²) in [5.74, 6) is 0.701. The van der Waals surface area contributed by atoms with Crippen LogP contribution < -0.4 is 4.74 Å². The van der Waals surface area contributed by atoms with Crippen molar-refractivity contribution in [2.24, 2.45) is 0 Å². The number of alkyl halides is 3. The highest BCUT2D eigenvalue weighted by Crippen LogP contribution is 2.22. The third-order valence-electron chi connectivity index (χ3n) is 1.94. The topological polar surface area (TPSA) is 9.23 Å². The molecule has 16 heavy (non-hydrogen) atoms. The predicted molar refractivity (Wildman–Crippen MR) is 64.6 cm³/mol. The van der Waals surface area contributed by atoms with Gasteiger partial charge in [0.25, 0.3) is 0 Å². The van der Waals surface area contributed by atoms with E-state index in [0.29, 0.717) is 18.8 Å². The van der Waals surface area contributed by atoms with Crippen LogP contribution in [0.4, 0.5) is 13.2 Å². The lowest BCUT2D eigenvalue weighted by Crippen LogP contribution is -2.07. The molecule has 0 amide bonds. The minimum Gasteiger partial charge on any atom is -0.494 e. The van der Waals surface area contributed by atoms with Crippen molar-refractivity contribution in [2.45, 2.75) is 25.4 Å². The van der Waals surface area contributed by atoms with Gasteiger partial charge in [0.2, 0.25) is 0 Å². The first-order chi connectivity index (χ1) is 7.47. The van der Waals surface area contributed by atoms with E-state index in [-0.39, 0.29) is 6.42 Å². The number of hydrogen-bond acceptors (Lipinski definition) is 1. The molecular formula is C11H12F3IO. The summed E-state index contributed by atoms with van der Waals surface area (Å²) in [4.78, 5) is 0. The lowest BCUT2D eigenvalue weighted by atomic mass is 10.2. The van der Waals surface area contributed by atoms with E-state index in [9.17, 15) is 13.2 Å². The van der Waals surface area contributed by atoms with Gasteiger partial charge in [-0.1, -0.05) is 0 Å². The van der Waals surface area contributed by atoms with E-state index in [1.165, 1.54) is 0 Å². The van der Waals surface area contributed by atoms with Crippen molar-refractivity contribution in [1.82, 2.24) is 0 Å². The lowest BCUT2D eigenvalue weighted by molar-refractivity contribution is -0.135. The van der Waals surface area contributed by atoms with Gasteiger partial charge in [-0.2, -0.15) is 13.2 Å². The molecule has 5 heteroatoms. The van der Waals surface area contributed by atoms with Crippen molar-refractivity contribution in [3.63, 3.8) is 0 Å². The summed E-state index contributed by atoms with van der Waals surface area (Å²) in [6.45, 7) is 0.330. The molecule has 0 unspecified atom stereocenters. The first-order valence-electron chi connectivity index (χ1n) is 4.92. The van der Waals surface area contributed by atoms with E-state index < -0.39 is 12.6 Å². The van der Waals surface area contributed by atoms with Gasteiger partial charge in [-0.15, -0.1) is 0 Å². The Bertz CT molecular complexity index is 308. The Morgan fingerprint density at radius 1 is 1.06 bits per heavy atom. The summed E-state index contributed by atoms with van der Waals surface area (Å²) in [6.07, 6.45) is -4.24. The average molecular weight is 344 g/mol. The van der Waals surface area contributed by atoms with Gasteiger partial charge in [0.15, 0.2) is 0 Å². The molecule has 1 aromatic carbocycles. The van der Waals surface area contributed by atoms with Crippen LogP contribution in [0.15, 0.2) is 24.3 Å². The summed E-state index contributed by atoms with van der Waals surface area (Å²) in [5, 5.41) is 0. The van der Waals surface area contributed by atoms with Crippen molar-refractivity contribution in [3.05, 3.63) is 27.8 Å². The maximum atomic E-state index is 11.8. The average Bonchev–Trinajstić information content (AvgIpc) is 2.19. The van der Waals surface area contributed by atoms with Crippen LogP contribution in [0.25, 0.3) is 0 Å². The van der Waals surface area contributed by atoms with Gasteiger partial charge in [-0.3, -0.25) is 0 Å². The monoisotopic (exact) mass is 344 g/mol. The number of unbranched alkanes of at least 4 members (excludes halogenated alkanes) is 1. The molecule has 0 saturated carbocycles. The normalized spacial score (nSPS) is 11.5. The van der Waals surface area contributed by atoms with Crippen LogP contribution in [0.1, 0.15) is 19.3 Å². The fourth-order valence-electron chi connectivity index (χ4n) is 1.15. The smallest absolute Gasteiger partial charge is 0.389 e. The largest absolute Gasteiger partial charge is 0.494 e. The molecule has 0 bridgehead atoms. The van der Waals surface area contributed by atoms with E-state index in [2.05, 4.69) is 22.6 Å². The Morgan fingerprint density at radius 3 is 2.25 bits per heavy atom. The summed E-state index contributed by atoms with van der Waals surface area (Å²) in [5.41, 5.74) is 0. The second kappa shape index (κ2) is 6.32. The number of hydrogen-bond donors (Lipinski definition) is 0. The molecule has 0 heterocycles. The van der Waals surface area contributed by atoms with Gasteiger partial charge in [0, 0.05) is 9.99 Å². The third-order valence-corrected chi connectivity index (χ3v) is 2.66. The van der Waals surface area contributed by atoms with Crippen LogP contribution in [0.3, 0.4) is 0 Å². The number of benzene rings is 1. The quantitative estimate of drug-likeness (QED) is 0.568. The van der Waals surface area contributed by atoms with Crippen LogP contribution in [-0.2, 0) is 0 Å². The van der Waals surface area contributed by atoms with Crippen molar-refractivity contribution < 1.29 is 17.9 Å². The molecular weight excluding hydrogens is 332 g/mol. The van der Waals surface area contributed by atoms with E-state index in [1.807, 2.05) is 24.3 Å². The maximum absolute atomic E-state index is 11.8. The van der Waals surface area contributed by atoms with Crippen LogP contribution in [0.2, 0.25) is 0 Å². The van der Waals surface area contributed by atoms with Crippen LogP contribution in [-0.4, -0.2) is 12.8 Å². The molecule has 0 N–H and O–H groups in total. The zero-order valence-electron chi connectivity index (χ0n) is 8.56. The van der Waals surface area contributed by atoms with Crippen LogP contribution in [0, 0.1) is 3.57 Å². The van der Waals surface area contributed by atoms with Crippen molar-refractivity contribution in [2.75, 3.05) is 6.61 Å². The Morgan fingerprint density at radius 2 is 1.69 bits per heavy atom. The molecule has 0 atom stereocenters. The molecule has 0 aliphatic heterocycles. The fourth-order valence-corrected chi connectivity index (χ4v) is 1.51. The highest BCUT2D eigenvalue weighted by molar-refractivity contribution is 14.1. The molecule has 1 nitrogen and oxygen atoms in total. The molecule has 0 fully saturated rings. The SMILES string of the molecule is FC(F)(F)CCCCOc1ccc(I)cc1. The van der Waals surface area contributed by atoms with Crippen molar-refractivity contribution in [1.29, 1.82) is 0 Å². The molecule has 0 aliphatic rings. The fraction of sp³-hybridized carbons (Fsp3) is 0.455. The number of rotatable bonds is 5. The summed E-state index contributed by atoms with van der Waals surface area (Å²) in [7, 11) is 0.